The molecule has 2 aliphatic rings. The van der Waals surface area contributed by atoms with E-state index in [4.69, 9.17) is 4.74 Å². The van der Waals surface area contributed by atoms with Crippen molar-refractivity contribution in [3.05, 3.63) is 35.9 Å². The summed E-state index contributed by atoms with van der Waals surface area (Å²) in [4.78, 5) is 5.16. The fourth-order valence-corrected chi connectivity index (χ4v) is 5.09. The average Bonchev–Trinajstić information content (AvgIpc) is 3.04. The molecule has 0 N–H and O–H groups in total. The van der Waals surface area contributed by atoms with Gasteiger partial charge in [0.1, 0.15) is 0 Å². The maximum absolute atomic E-state index is 5.60. The number of nitrogens with zero attached hydrogens (tertiary/aromatic N) is 2. The van der Waals surface area contributed by atoms with E-state index in [1.54, 1.807) is 0 Å². The van der Waals surface area contributed by atoms with Crippen LogP contribution in [-0.4, -0.2) is 56.2 Å². The Hall–Kier alpha value is -0.900. The van der Waals surface area contributed by atoms with E-state index in [0.717, 1.165) is 6.42 Å². The lowest BCUT2D eigenvalue weighted by atomic mass is 9.64. The van der Waals surface area contributed by atoms with Gasteiger partial charge in [0, 0.05) is 25.7 Å². The van der Waals surface area contributed by atoms with Crippen molar-refractivity contribution < 1.29 is 4.74 Å². The Labute approximate surface area is 160 Å². The summed E-state index contributed by atoms with van der Waals surface area (Å²) < 4.78 is 5.60. The predicted molar refractivity (Wildman–Crippen MR) is 109 cm³/mol. The van der Waals surface area contributed by atoms with Crippen LogP contribution >= 0.6 is 0 Å². The fraction of sp³-hybridized carbons (Fsp3) is 0.739. The van der Waals surface area contributed by atoms with Gasteiger partial charge in [-0.05, 0) is 84.0 Å². The highest BCUT2D eigenvalue weighted by atomic mass is 16.5. The summed E-state index contributed by atoms with van der Waals surface area (Å²) in [5.74, 6) is 0. The largest absolute Gasteiger partial charge is 0.379 e. The highest BCUT2D eigenvalue weighted by Gasteiger charge is 2.47. The standard InChI is InChI=1S/C23H38N2O/c1-21(2,26-5)15-17-25-18-16-22(19-25)11-13-23(14-12-22,24(3)4)20-9-7-6-8-10-20/h6-10H,11-19H2,1-5H3. The number of hydrogen-bond donors (Lipinski definition) is 0. The molecule has 1 aromatic carbocycles. The van der Waals surface area contributed by atoms with Gasteiger partial charge in [0.15, 0.2) is 0 Å². The molecule has 1 saturated heterocycles. The van der Waals surface area contributed by atoms with Crippen molar-refractivity contribution in [2.45, 2.75) is 63.5 Å². The first-order chi connectivity index (χ1) is 12.3. The second kappa shape index (κ2) is 7.61. The van der Waals surface area contributed by atoms with Crippen LogP contribution in [0.5, 0.6) is 0 Å². The zero-order chi connectivity index (χ0) is 18.8. The quantitative estimate of drug-likeness (QED) is 0.743. The molecule has 2 fully saturated rings. The van der Waals surface area contributed by atoms with E-state index < -0.39 is 0 Å². The minimum Gasteiger partial charge on any atom is -0.379 e. The third-order valence-corrected chi connectivity index (χ3v) is 7.41. The van der Waals surface area contributed by atoms with Crippen LogP contribution < -0.4 is 0 Å². The first-order valence-corrected chi connectivity index (χ1v) is 10.3. The Balaban J connectivity index is 1.63. The lowest BCUT2D eigenvalue weighted by molar-refractivity contribution is 0.00603. The molecule has 0 atom stereocenters. The van der Waals surface area contributed by atoms with E-state index in [2.05, 4.69) is 68.1 Å². The zero-order valence-electron chi connectivity index (χ0n) is 17.6. The molecular formula is C23H38N2O. The van der Waals surface area contributed by atoms with E-state index in [-0.39, 0.29) is 11.1 Å². The molecule has 3 heteroatoms. The SMILES string of the molecule is COC(C)(C)CCN1CCC2(CCC(c3ccccc3)(N(C)C)CC2)C1. The topological polar surface area (TPSA) is 15.7 Å². The van der Waals surface area contributed by atoms with Crippen LogP contribution in [0.4, 0.5) is 0 Å². The van der Waals surface area contributed by atoms with Crippen LogP contribution in [0.3, 0.4) is 0 Å². The summed E-state index contributed by atoms with van der Waals surface area (Å²) in [6, 6.07) is 11.2. The molecule has 26 heavy (non-hydrogen) atoms. The maximum Gasteiger partial charge on any atom is 0.0634 e. The molecule has 1 aromatic rings. The molecule has 3 rings (SSSR count). The highest BCUT2D eigenvalue weighted by Crippen LogP contribution is 2.51. The van der Waals surface area contributed by atoms with Gasteiger partial charge in [-0.2, -0.15) is 0 Å². The van der Waals surface area contributed by atoms with Crippen molar-refractivity contribution in [3.63, 3.8) is 0 Å². The summed E-state index contributed by atoms with van der Waals surface area (Å²) in [6.45, 7) is 8.11. The van der Waals surface area contributed by atoms with Crippen LogP contribution in [0, 0.1) is 5.41 Å². The fourth-order valence-electron chi connectivity index (χ4n) is 5.09. The molecule has 0 unspecified atom stereocenters. The van der Waals surface area contributed by atoms with Gasteiger partial charge in [-0.1, -0.05) is 30.3 Å². The first kappa shape index (κ1) is 19.9. The number of hydrogen-bond acceptors (Lipinski definition) is 3. The Morgan fingerprint density at radius 3 is 2.27 bits per heavy atom. The minimum absolute atomic E-state index is 0.00426. The van der Waals surface area contributed by atoms with Gasteiger partial charge in [0.25, 0.3) is 0 Å². The third kappa shape index (κ3) is 4.00. The van der Waals surface area contributed by atoms with Gasteiger partial charge < -0.3 is 9.64 Å². The number of likely N-dealkylation sites (tertiary alicyclic amines) is 1. The molecule has 1 aliphatic heterocycles. The molecule has 0 bridgehead atoms. The van der Waals surface area contributed by atoms with Crippen molar-refractivity contribution in [3.8, 4) is 0 Å². The lowest BCUT2D eigenvalue weighted by Crippen LogP contribution is -2.47. The second-order valence-electron chi connectivity index (χ2n) is 9.53. The van der Waals surface area contributed by atoms with E-state index in [9.17, 15) is 0 Å². The van der Waals surface area contributed by atoms with Crippen LogP contribution in [0.25, 0.3) is 0 Å². The lowest BCUT2D eigenvalue weighted by Gasteiger charge is -2.49. The molecule has 146 valence electrons. The van der Waals surface area contributed by atoms with Gasteiger partial charge in [0.05, 0.1) is 5.60 Å². The molecular weight excluding hydrogens is 320 g/mol. The zero-order valence-corrected chi connectivity index (χ0v) is 17.6. The van der Waals surface area contributed by atoms with Crippen molar-refractivity contribution in [1.82, 2.24) is 9.80 Å². The molecule has 0 amide bonds. The number of methoxy groups -OCH3 is 1. The smallest absolute Gasteiger partial charge is 0.0634 e. The van der Waals surface area contributed by atoms with E-state index in [1.807, 2.05) is 7.11 Å². The molecule has 3 nitrogen and oxygen atoms in total. The molecule has 1 aliphatic carbocycles. The normalized spacial score (nSPS) is 30.4. The summed E-state index contributed by atoms with van der Waals surface area (Å²) in [5, 5.41) is 0. The Kier molecular flexibility index (Phi) is 5.81. The molecule has 0 radical (unpaired) electrons. The minimum atomic E-state index is -0.00426. The maximum atomic E-state index is 5.60. The number of benzene rings is 1. The molecule has 0 aromatic heterocycles. The van der Waals surface area contributed by atoms with E-state index in [1.165, 1.54) is 57.3 Å². The van der Waals surface area contributed by atoms with Crippen LogP contribution in [-0.2, 0) is 10.3 Å². The summed E-state index contributed by atoms with van der Waals surface area (Å²) >= 11 is 0. The summed E-state index contributed by atoms with van der Waals surface area (Å²) in [5.41, 5.74) is 2.26. The van der Waals surface area contributed by atoms with Gasteiger partial charge in [-0.15, -0.1) is 0 Å². The number of rotatable bonds is 6. The van der Waals surface area contributed by atoms with Gasteiger partial charge >= 0.3 is 0 Å². The van der Waals surface area contributed by atoms with Crippen molar-refractivity contribution in [2.75, 3.05) is 40.8 Å². The van der Waals surface area contributed by atoms with Gasteiger partial charge in [-0.3, -0.25) is 4.90 Å². The van der Waals surface area contributed by atoms with Crippen molar-refractivity contribution >= 4 is 0 Å². The Morgan fingerprint density at radius 2 is 1.69 bits per heavy atom. The Morgan fingerprint density at radius 1 is 1.04 bits per heavy atom. The number of ether oxygens (including phenoxy) is 1. The van der Waals surface area contributed by atoms with Crippen molar-refractivity contribution in [1.29, 1.82) is 0 Å². The van der Waals surface area contributed by atoms with Crippen LogP contribution in [0.1, 0.15) is 57.9 Å². The summed E-state index contributed by atoms with van der Waals surface area (Å²) in [6.07, 6.45) is 7.75. The molecule has 1 heterocycles. The third-order valence-electron chi connectivity index (χ3n) is 7.41. The molecule has 1 spiro atoms. The molecule has 1 saturated carbocycles. The Bertz CT molecular complexity index is 573. The van der Waals surface area contributed by atoms with Gasteiger partial charge in [0.2, 0.25) is 0 Å². The monoisotopic (exact) mass is 358 g/mol. The second-order valence-corrected chi connectivity index (χ2v) is 9.53. The first-order valence-electron chi connectivity index (χ1n) is 10.3. The van der Waals surface area contributed by atoms with Crippen LogP contribution in [0.15, 0.2) is 30.3 Å². The average molecular weight is 359 g/mol. The summed E-state index contributed by atoms with van der Waals surface area (Å²) in [7, 11) is 6.36. The van der Waals surface area contributed by atoms with E-state index >= 15 is 0 Å². The van der Waals surface area contributed by atoms with Crippen molar-refractivity contribution in [2.24, 2.45) is 5.41 Å². The van der Waals surface area contributed by atoms with Crippen LogP contribution in [0.2, 0.25) is 0 Å². The highest BCUT2D eigenvalue weighted by molar-refractivity contribution is 5.26. The van der Waals surface area contributed by atoms with Gasteiger partial charge in [-0.25, -0.2) is 0 Å². The van der Waals surface area contributed by atoms with E-state index in [0.29, 0.717) is 5.41 Å². The predicted octanol–water partition coefficient (Wildman–Crippen LogP) is 4.52.